The molecular formula is C14H20F2O2. The van der Waals surface area contributed by atoms with Crippen LogP contribution in [0.3, 0.4) is 0 Å². The molecule has 0 N–H and O–H groups in total. The van der Waals surface area contributed by atoms with Gasteiger partial charge in [-0.3, -0.25) is 9.59 Å². The maximum Gasteiger partial charge on any atom is 0.267 e. The smallest absolute Gasteiger partial charge is 0.267 e. The molecule has 1 unspecified atom stereocenters. The van der Waals surface area contributed by atoms with Crippen molar-refractivity contribution in [2.45, 2.75) is 46.0 Å². The quantitative estimate of drug-likeness (QED) is 0.704. The Kier molecular flexibility index (Phi) is 4.54. The van der Waals surface area contributed by atoms with E-state index in [1.54, 1.807) is 0 Å². The van der Waals surface area contributed by atoms with Crippen LogP contribution < -0.4 is 0 Å². The molecule has 4 heteroatoms. The predicted molar refractivity (Wildman–Crippen MR) is 67.6 cm³/mol. The highest BCUT2D eigenvalue weighted by Gasteiger charge is 2.39. The van der Waals surface area contributed by atoms with Gasteiger partial charge in [-0.2, -0.15) is 0 Å². The Bertz CT molecular complexity index is 420. The molecule has 1 atom stereocenters. The lowest BCUT2D eigenvalue weighted by Gasteiger charge is -2.26. The molecule has 0 aromatic rings. The third-order valence-corrected chi connectivity index (χ3v) is 3.12. The van der Waals surface area contributed by atoms with Crippen LogP contribution in [0.1, 0.15) is 41.5 Å². The summed E-state index contributed by atoms with van der Waals surface area (Å²) in [6.45, 7) is 4.00. The van der Waals surface area contributed by atoms with Crippen molar-refractivity contribution >= 4 is 11.6 Å². The summed E-state index contributed by atoms with van der Waals surface area (Å²) < 4.78 is 26.9. The average molecular weight is 258 g/mol. The molecule has 0 spiro atoms. The largest absolute Gasteiger partial charge is 0.294 e. The van der Waals surface area contributed by atoms with Gasteiger partial charge in [0.15, 0.2) is 11.6 Å². The summed E-state index contributed by atoms with van der Waals surface area (Å²) in [5, 5.41) is 0. The number of Topliss-reactive ketones (excluding diaryl/α,β-unsaturated/α-hetero) is 2. The zero-order valence-electron chi connectivity index (χ0n) is 10.9. The second-order valence-corrected chi connectivity index (χ2v) is 4.71. The van der Waals surface area contributed by atoms with Crippen molar-refractivity contribution in [2.24, 2.45) is 5.92 Å². The number of ketones is 2. The minimum absolute atomic E-state index is 0. The van der Waals surface area contributed by atoms with Gasteiger partial charge in [0.05, 0.1) is 5.57 Å². The zero-order valence-corrected chi connectivity index (χ0v) is 10.9. The Morgan fingerprint density at radius 1 is 1.44 bits per heavy atom. The molecule has 0 saturated heterocycles. The van der Waals surface area contributed by atoms with Crippen molar-refractivity contribution in [3.8, 4) is 0 Å². The van der Waals surface area contributed by atoms with Gasteiger partial charge in [-0.25, -0.2) is 8.78 Å². The molecule has 2 nitrogen and oxygen atoms in total. The number of rotatable bonds is 5. The Morgan fingerprint density at radius 2 is 2.06 bits per heavy atom. The van der Waals surface area contributed by atoms with E-state index in [9.17, 15) is 18.4 Å². The number of hydrogen-bond acceptors (Lipinski definition) is 2. The number of alkyl halides is 2. The van der Waals surface area contributed by atoms with Gasteiger partial charge in [0.1, 0.15) is 0 Å². The highest BCUT2D eigenvalue weighted by molar-refractivity contribution is 6.21. The van der Waals surface area contributed by atoms with E-state index in [1.165, 1.54) is 19.1 Å². The maximum absolute atomic E-state index is 13.5. The molecule has 0 heterocycles. The van der Waals surface area contributed by atoms with Gasteiger partial charge in [-0.1, -0.05) is 25.8 Å². The second-order valence-electron chi connectivity index (χ2n) is 4.71. The standard InChI is InChI=1S/C14H18F2O2.H2/c1-4-5-6-11-12(14(3,15)16)8-7-10(9(2)17)13(11)18;/h7-8,11H,4-6H2,1-3H3;1H. The number of carbonyl (C=O) groups excluding carboxylic acids is 2. The monoisotopic (exact) mass is 258 g/mol. The molecule has 102 valence electrons. The first-order valence-corrected chi connectivity index (χ1v) is 6.14. The van der Waals surface area contributed by atoms with E-state index in [0.717, 1.165) is 13.3 Å². The summed E-state index contributed by atoms with van der Waals surface area (Å²) in [5.41, 5.74) is -0.143. The molecular weight excluding hydrogens is 238 g/mol. The molecule has 0 bridgehead atoms. The summed E-state index contributed by atoms with van der Waals surface area (Å²) in [5.74, 6) is -4.70. The summed E-state index contributed by atoms with van der Waals surface area (Å²) in [6, 6.07) is 0. The van der Waals surface area contributed by atoms with Crippen LogP contribution in [0.15, 0.2) is 23.3 Å². The highest BCUT2D eigenvalue weighted by Crippen LogP contribution is 2.36. The van der Waals surface area contributed by atoms with E-state index >= 15 is 0 Å². The van der Waals surface area contributed by atoms with Gasteiger partial charge < -0.3 is 0 Å². The Labute approximate surface area is 107 Å². The lowest BCUT2D eigenvalue weighted by Crippen LogP contribution is -2.32. The fraction of sp³-hybridized carbons (Fsp3) is 0.571. The van der Waals surface area contributed by atoms with Gasteiger partial charge in [0.2, 0.25) is 0 Å². The van der Waals surface area contributed by atoms with E-state index in [-0.39, 0.29) is 18.4 Å². The van der Waals surface area contributed by atoms with Crippen LogP contribution in [-0.4, -0.2) is 17.5 Å². The normalized spacial score (nSPS) is 20.5. The first kappa shape index (κ1) is 14.7. The van der Waals surface area contributed by atoms with Crippen LogP contribution >= 0.6 is 0 Å². The Morgan fingerprint density at radius 3 is 2.50 bits per heavy atom. The molecule has 1 rings (SSSR count). The molecule has 0 aromatic heterocycles. The number of unbranched alkanes of at least 4 members (excludes halogenated alkanes) is 1. The third-order valence-electron chi connectivity index (χ3n) is 3.12. The van der Waals surface area contributed by atoms with Crippen molar-refractivity contribution in [1.82, 2.24) is 0 Å². The van der Waals surface area contributed by atoms with Crippen molar-refractivity contribution in [3.63, 3.8) is 0 Å². The van der Waals surface area contributed by atoms with Gasteiger partial charge in [0, 0.05) is 19.8 Å². The molecule has 1 aliphatic rings. The second kappa shape index (κ2) is 5.55. The van der Waals surface area contributed by atoms with Crippen molar-refractivity contribution in [3.05, 3.63) is 23.3 Å². The molecule has 0 fully saturated rings. The lowest BCUT2D eigenvalue weighted by atomic mass is 9.79. The molecule has 0 aromatic carbocycles. The van der Waals surface area contributed by atoms with Crippen molar-refractivity contribution in [2.75, 3.05) is 0 Å². The topological polar surface area (TPSA) is 34.1 Å². The lowest BCUT2D eigenvalue weighted by molar-refractivity contribution is -0.123. The predicted octanol–water partition coefficient (Wildman–Crippen LogP) is 3.72. The molecule has 0 saturated carbocycles. The minimum atomic E-state index is -3.02. The van der Waals surface area contributed by atoms with Gasteiger partial charge in [-0.15, -0.1) is 0 Å². The van der Waals surface area contributed by atoms with E-state index in [1.807, 2.05) is 6.92 Å². The van der Waals surface area contributed by atoms with Crippen LogP contribution in [0.4, 0.5) is 8.78 Å². The third kappa shape index (κ3) is 3.12. The molecule has 0 aliphatic heterocycles. The summed E-state index contributed by atoms with van der Waals surface area (Å²) in [4.78, 5) is 23.3. The number of allylic oxidation sites excluding steroid dienone is 4. The molecule has 0 amide bonds. The summed E-state index contributed by atoms with van der Waals surface area (Å²) >= 11 is 0. The van der Waals surface area contributed by atoms with Crippen molar-refractivity contribution in [1.29, 1.82) is 0 Å². The van der Waals surface area contributed by atoms with E-state index in [0.29, 0.717) is 12.8 Å². The van der Waals surface area contributed by atoms with E-state index in [4.69, 9.17) is 0 Å². The average Bonchev–Trinajstić information content (AvgIpc) is 2.25. The van der Waals surface area contributed by atoms with Crippen LogP contribution in [0, 0.1) is 5.92 Å². The fourth-order valence-corrected chi connectivity index (χ4v) is 2.14. The molecule has 1 aliphatic carbocycles. The number of hydrogen-bond donors (Lipinski definition) is 0. The first-order chi connectivity index (χ1) is 8.29. The van der Waals surface area contributed by atoms with Crippen LogP contribution in [-0.2, 0) is 9.59 Å². The van der Waals surface area contributed by atoms with E-state index < -0.39 is 17.6 Å². The summed E-state index contributed by atoms with van der Waals surface area (Å²) in [7, 11) is 0. The Hall–Kier alpha value is -1.32. The number of halogens is 2. The number of carbonyl (C=O) groups is 2. The fourth-order valence-electron chi connectivity index (χ4n) is 2.14. The van der Waals surface area contributed by atoms with Crippen LogP contribution in [0.2, 0.25) is 0 Å². The van der Waals surface area contributed by atoms with Gasteiger partial charge in [-0.05, 0) is 19.4 Å². The first-order valence-electron chi connectivity index (χ1n) is 6.14. The maximum atomic E-state index is 13.5. The van der Waals surface area contributed by atoms with Crippen LogP contribution in [0.25, 0.3) is 0 Å². The highest BCUT2D eigenvalue weighted by atomic mass is 19.3. The zero-order chi connectivity index (χ0) is 13.9. The van der Waals surface area contributed by atoms with E-state index in [2.05, 4.69) is 0 Å². The van der Waals surface area contributed by atoms with Crippen molar-refractivity contribution < 1.29 is 19.8 Å². The SMILES string of the molecule is CCCCC1C(=O)C(C(C)=O)=CC=C1C(C)(F)F.[HH]. The summed E-state index contributed by atoms with van der Waals surface area (Å²) in [6.07, 6.45) is 4.34. The molecule has 18 heavy (non-hydrogen) atoms. The minimum Gasteiger partial charge on any atom is -0.294 e. The van der Waals surface area contributed by atoms with Gasteiger partial charge >= 0.3 is 0 Å². The van der Waals surface area contributed by atoms with Gasteiger partial charge in [0.25, 0.3) is 5.92 Å². The Balaban J connectivity index is 0.00000324. The molecule has 0 radical (unpaired) electrons. The van der Waals surface area contributed by atoms with Crippen LogP contribution in [0.5, 0.6) is 0 Å².